The first-order valence-electron chi connectivity index (χ1n) is 10.2. The number of hydrogen-bond acceptors (Lipinski definition) is 4. The molecular weight excluding hydrogens is 569 g/mol. The van der Waals surface area contributed by atoms with Crippen LogP contribution in [0.25, 0.3) is 0 Å². The number of hydrogen-bond donors (Lipinski definition) is 2. The number of carbonyl (C=O) groups excluding carboxylic acids is 2. The Labute approximate surface area is 222 Å². The zero-order chi connectivity index (χ0) is 26.9. The lowest BCUT2D eigenvalue weighted by Crippen LogP contribution is -2.54. The van der Waals surface area contributed by atoms with Crippen molar-refractivity contribution in [2.75, 3.05) is 23.9 Å². The average Bonchev–Trinajstić information content (AvgIpc) is 3.22. The third-order valence-corrected chi connectivity index (χ3v) is 7.41. The molecule has 1 fully saturated rings. The standard InChI is InChI=1S/C22H16Cl4F3N3O4/c1-31(11-4-8(23)3-9(24)5-11)18(33)14-15(19(34)35)21(30-17(14)22(27,28)29)12-6-10(25)7-13(26)16(12)32(2)20(21)36/h3-7,14-15,17,30H,1-2H3,(H,34,35). The van der Waals surface area contributed by atoms with E-state index < -0.39 is 47.4 Å². The number of amides is 2. The van der Waals surface area contributed by atoms with Crippen LogP contribution < -0.4 is 15.1 Å². The maximum Gasteiger partial charge on any atom is 0.404 e. The summed E-state index contributed by atoms with van der Waals surface area (Å²) < 4.78 is 43.1. The topological polar surface area (TPSA) is 90.0 Å². The molecule has 0 bridgehead atoms. The maximum atomic E-state index is 14.4. The number of nitrogens with one attached hydrogen (secondary N) is 1. The molecule has 0 saturated carbocycles. The number of likely N-dealkylation sites (N-methyl/N-ethyl adjacent to an activating group) is 1. The van der Waals surface area contributed by atoms with Gasteiger partial charge in [0, 0.05) is 40.4 Å². The fourth-order valence-electron chi connectivity index (χ4n) is 5.01. The highest BCUT2D eigenvalue weighted by Crippen LogP contribution is 2.56. The molecule has 7 nitrogen and oxygen atoms in total. The average molecular weight is 585 g/mol. The van der Waals surface area contributed by atoms with Crippen molar-refractivity contribution in [3.05, 3.63) is 56.0 Å². The summed E-state index contributed by atoms with van der Waals surface area (Å²) in [5.41, 5.74) is -2.62. The minimum atomic E-state index is -5.12. The minimum absolute atomic E-state index is 0.00572. The Morgan fingerprint density at radius 3 is 2.14 bits per heavy atom. The van der Waals surface area contributed by atoms with Gasteiger partial charge >= 0.3 is 12.1 Å². The van der Waals surface area contributed by atoms with Gasteiger partial charge in [-0.3, -0.25) is 19.7 Å². The van der Waals surface area contributed by atoms with Crippen molar-refractivity contribution in [3.8, 4) is 0 Å². The van der Waals surface area contributed by atoms with Crippen LogP contribution in [0.4, 0.5) is 24.5 Å². The number of alkyl halides is 3. The molecule has 0 aliphatic carbocycles. The zero-order valence-corrected chi connectivity index (χ0v) is 21.4. The summed E-state index contributed by atoms with van der Waals surface area (Å²) in [6.07, 6.45) is -5.12. The van der Waals surface area contributed by atoms with Gasteiger partial charge in [-0.1, -0.05) is 46.4 Å². The number of carbonyl (C=O) groups is 3. The second-order valence-corrected chi connectivity index (χ2v) is 10.2. The minimum Gasteiger partial charge on any atom is -0.481 e. The van der Waals surface area contributed by atoms with Gasteiger partial charge in [0.15, 0.2) is 0 Å². The van der Waals surface area contributed by atoms with Gasteiger partial charge in [0.05, 0.1) is 16.6 Å². The van der Waals surface area contributed by atoms with Crippen LogP contribution in [-0.4, -0.2) is 49.2 Å². The molecule has 14 heteroatoms. The Balaban J connectivity index is 1.94. The predicted octanol–water partition coefficient (Wildman–Crippen LogP) is 4.99. The van der Waals surface area contributed by atoms with Crippen LogP contribution in [0, 0.1) is 11.8 Å². The number of benzene rings is 2. The molecule has 0 radical (unpaired) electrons. The Kier molecular flexibility index (Phi) is 6.67. The molecule has 2 heterocycles. The number of carboxylic acid groups (broad SMARTS) is 1. The van der Waals surface area contributed by atoms with Crippen LogP contribution in [0.2, 0.25) is 20.1 Å². The SMILES string of the molecule is CN(C(=O)C1C(C(F)(F)F)NC2(C(=O)N(C)c3c(Cl)cc(Cl)cc32)C1C(=O)O)c1cc(Cl)cc(Cl)c1. The van der Waals surface area contributed by atoms with Gasteiger partial charge in [0.2, 0.25) is 5.91 Å². The molecule has 2 N–H and O–H groups in total. The number of rotatable bonds is 3. The van der Waals surface area contributed by atoms with Gasteiger partial charge in [0.1, 0.15) is 17.5 Å². The summed E-state index contributed by atoms with van der Waals surface area (Å²) in [6.45, 7) is 0. The molecule has 2 aromatic carbocycles. The van der Waals surface area contributed by atoms with E-state index in [-0.39, 0.29) is 37.0 Å². The summed E-state index contributed by atoms with van der Waals surface area (Å²) >= 11 is 24.3. The third-order valence-electron chi connectivity index (χ3n) is 6.47. The first-order valence-corrected chi connectivity index (χ1v) is 11.7. The first kappa shape index (κ1) is 26.8. The van der Waals surface area contributed by atoms with E-state index in [1.54, 1.807) is 0 Å². The number of anilines is 2. The van der Waals surface area contributed by atoms with Crippen molar-refractivity contribution in [2.45, 2.75) is 17.8 Å². The van der Waals surface area contributed by atoms with Gasteiger partial charge in [0.25, 0.3) is 5.91 Å². The first-order chi connectivity index (χ1) is 16.6. The predicted molar refractivity (Wildman–Crippen MR) is 129 cm³/mol. The highest BCUT2D eigenvalue weighted by Gasteiger charge is 2.72. The Bertz CT molecular complexity index is 1290. The van der Waals surface area contributed by atoms with Gasteiger partial charge in [-0.15, -0.1) is 0 Å². The fourth-order valence-corrected chi connectivity index (χ4v) is 6.14. The lowest BCUT2D eigenvalue weighted by molar-refractivity contribution is -0.169. The molecular formula is C22H16Cl4F3N3O4. The Morgan fingerprint density at radius 2 is 1.61 bits per heavy atom. The van der Waals surface area contributed by atoms with E-state index in [0.717, 1.165) is 16.8 Å². The Morgan fingerprint density at radius 1 is 1.06 bits per heavy atom. The van der Waals surface area contributed by atoms with E-state index in [9.17, 15) is 32.7 Å². The molecule has 2 aliphatic heterocycles. The number of aliphatic carboxylic acids is 1. The van der Waals surface area contributed by atoms with Crippen molar-refractivity contribution in [3.63, 3.8) is 0 Å². The molecule has 1 spiro atoms. The smallest absolute Gasteiger partial charge is 0.404 e. The van der Waals surface area contributed by atoms with Crippen LogP contribution in [0.5, 0.6) is 0 Å². The largest absolute Gasteiger partial charge is 0.481 e. The van der Waals surface area contributed by atoms with Crippen LogP contribution in [-0.2, 0) is 19.9 Å². The van der Waals surface area contributed by atoms with E-state index in [2.05, 4.69) is 5.32 Å². The summed E-state index contributed by atoms with van der Waals surface area (Å²) in [4.78, 5) is 41.5. The Hall–Kier alpha value is -2.24. The second-order valence-electron chi connectivity index (χ2n) is 8.49. The molecule has 4 unspecified atom stereocenters. The maximum absolute atomic E-state index is 14.4. The quantitative estimate of drug-likeness (QED) is 0.531. The van der Waals surface area contributed by atoms with E-state index in [4.69, 9.17) is 46.4 Å². The van der Waals surface area contributed by atoms with Gasteiger partial charge in [-0.25, -0.2) is 0 Å². The van der Waals surface area contributed by atoms with E-state index in [1.165, 1.54) is 37.4 Å². The van der Waals surface area contributed by atoms with Gasteiger partial charge < -0.3 is 14.9 Å². The molecule has 192 valence electrons. The summed E-state index contributed by atoms with van der Waals surface area (Å²) in [5.74, 6) is -8.47. The summed E-state index contributed by atoms with van der Waals surface area (Å²) in [5, 5.41) is 12.5. The number of halogens is 7. The molecule has 2 aromatic rings. The van der Waals surface area contributed by atoms with Gasteiger partial charge in [-0.2, -0.15) is 13.2 Å². The molecule has 36 heavy (non-hydrogen) atoms. The van der Waals surface area contributed by atoms with Crippen LogP contribution in [0.15, 0.2) is 30.3 Å². The van der Waals surface area contributed by atoms with Crippen molar-refractivity contribution >= 4 is 75.6 Å². The lowest BCUT2D eigenvalue weighted by Gasteiger charge is -2.30. The van der Waals surface area contributed by atoms with E-state index in [0.29, 0.717) is 0 Å². The number of carboxylic acids is 1. The zero-order valence-electron chi connectivity index (χ0n) is 18.3. The molecule has 4 atom stereocenters. The second kappa shape index (κ2) is 8.95. The number of fused-ring (bicyclic) bond motifs is 2. The molecule has 0 aromatic heterocycles. The van der Waals surface area contributed by atoms with Crippen molar-refractivity contribution in [1.29, 1.82) is 0 Å². The van der Waals surface area contributed by atoms with Crippen LogP contribution in [0.3, 0.4) is 0 Å². The third kappa shape index (κ3) is 3.99. The van der Waals surface area contributed by atoms with Crippen LogP contribution in [0.1, 0.15) is 5.56 Å². The van der Waals surface area contributed by atoms with E-state index >= 15 is 0 Å². The lowest BCUT2D eigenvalue weighted by atomic mass is 9.74. The fraction of sp³-hybridized carbons (Fsp3) is 0.318. The van der Waals surface area contributed by atoms with Crippen molar-refractivity contribution in [2.24, 2.45) is 11.8 Å². The van der Waals surface area contributed by atoms with E-state index in [1.807, 2.05) is 0 Å². The van der Waals surface area contributed by atoms with Crippen molar-refractivity contribution < 1.29 is 32.7 Å². The molecule has 1 saturated heterocycles. The monoisotopic (exact) mass is 583 g/mol. The molecule has 2 amide bonds. The summed E-state index contributed by atoms with van der Waals surface area (Å²) in [7, 11) is 2.40. The highest BCUT2D eigenvalue weighted by molar-refractivity contribution is 6.38. The number of nitrogens with zero attached hydrogens (tertiary/aromatic N) is 2. The van der Waals surface area contributed by atoms with Crippen LogP contribution >= 0.6 is 46.4 Å². The molecule has 2 aliphatic rings. The van der Waals surface area contributed by atoms with Gasteiger partial charge in [-0.05, 0) is 30.3 Å². The molecule has 4 rings (SSSR count). The highest BCUT2D eigenvalue weighted by atomic mass is 35.5. The normalized spacial score (nSPS) is 25.4. The summed E-state index contributed by atoms with van der Waals surface area (Å²) in [6, 6.07) is 3.66. The van der Waals surface area contributed by atoms with Crippen molar-refractivity contribution in [1.82, 2.24) is 5.32 Å².